The molecule has 1 N–H and O–H groups in total. The van der Waals surface area contributed by atoms with E-state index in [0.717, 1.165) is 16.7 Å². The van der Waals surface area contributed by atoms with Crippen molar-refractivity contribution in [3.05, 3.63) is 83.4 Å². The van der Waals surface area contributed by atoms with Gasteiger partial charge >= 0.3 is 0 Å². The van der Waals surface area contributed by atoms with E-state index in [-0.39, 0.29) is 28.5 Å². The van der Waals surface area contributed by atoms with Gasteiger partial charge in [-0.15, -0.1) is 0 Å². The first kappa shape index (κ1) is 21.1. The Morgan fingerprint density at radius 2 is 1.70 bits per heavy atom. The summed E-state index contributed by atoms with van der Waals surface area (Å²) in [6.07, 6.45) is 0. The number of hydrogen-bond donors (Lipinski definition) is 1. The Morgan fingerprint density at radius 1 is 0.909 bits per heavy atom. The van der Waals surface area contributed by atoms with E-state index in [2.05, 4.69) is 10.3 Å². The van der Waals surface area contributed by atoms with Crippen LogP contribution in [0.25, 0.3) is 11.5 Å². The number of nitrogens with one attached hydrogen (secondary N) is 1. The zero-order valence-corrected chi connectivity index (χ0v) is 19.0. The summed E-state index contributed by atoms with van der Waals surface area (Å²) >= 11 is 0. The Labute approximate surface area is 191 Å². The highest BCUT2D eigenvalue weighted by molar-refractivity contribution is 7.91. The molecular formula is C25H22N2O5S. The van der Waals surface area contributed by atoms with Gasteiger partial charge in [0.2, 0.25) is 33.4 Å². The summed E-state index contributed by atoms with van der Waals surface area (Å²) in [4.78, 5) is 4.56. The van der Waals surface area contributed by atoms with Crippen molar-refractivity contribution in [3.63, 3.8) is 0 Å². The van der Waals surface area contributed by atoms with Gasteiger partial charge in [-0.2, -0.15) is 4.98 Å². The van der Waals surface area contributed by atoms with Crippen LogP contribution in [0, 0.1) is 13.8 Å². The molecule has 8 heteroatoms. The third kappa shape index (κ3) is 4.17. The van der Waals surface area contributed by atoms with Crippen molar-refractivity contribution in [1.29, 1.82) is 0 Å². The third-order valence-electron chi connectivity index (χ3n) is 5.34. The first-order chi connectivity index (χ1) is 15.9. The molecule has 0 atom stereocenters. The lowest BCUT2D eigenvalue weighted by molar-refractivity contribution is 0.174. The molecule has 1 aliphatic heterocycles. The molecule has 0 fully saturated rings. The maximum absolute atomic E-state index is 13.5. The first-order valence-electron chi connectivity index (χ1n) is 10.4. The van der Waals surface area contributed by atoms with Gasteiger partial charge in [0.1, 0.15) is 0 Å². The molecule has 5 rings (SSSR count). The van der Waals surface area contributed by atoms with Gasteiger partial charge in [-0.05, 0) is 61.4 Å². The molecule has 3 aromatic carbocycles. The van der Waals surface area contributed by atoms with Crippen LogP contribution in [0.2, 0.25) is 0 Å². The van der Waals surface area contributed by atoms with E-state index in [9.17, 15) is 8.42 Å². The van der Waals surface area contributed by atoms with Crippen LogP contribution < -0.4 is 14.8 Å². The van der Waals surface area contributed by atoms with Gasteiger partial charge in [-0.25, -0.2) is 8.42 Å². The minimum atomic E-state index is -3.91. The maximum atomic E-state index is 13.5. The molecule has 0 radical (unpaired) electrons. The second kappa shape index (κ2) is 8.29. The Morgan fingerprint density at radius 3 is 2.48 bits per heavy atom. The van der Waals surface area contributed by atoms with E-state index >= 15 is 0 Å². The SMILES string of the molecule is Cc1ccc(-c2nc(S(=O)(=O)c3cccc(C)c3)c(NCc3ccc4c(c3)OCO4)o2)cc1. The smallest absolute Gasteiger partial charge is 0.234 e. The van der Waals surface area contributed by atoms with Gasteiger partial charge < -0.3 is 19.2 Å². The van der Waals surface area contributed by atoms with Crippen LogP contribution in [0.4, 0.5) is 5.88 Å². The Bertz CT molecular complexity index is 1430. The quantitative estimate of drug-likeness (QED) is 0.425. The van der Waals surface area contributed by atoms with Gasteiger partial charge in [0.25, 0.3) is 0 Å². The Hall–Kier alpha value is -3.78. The largest absolute Gasteiger partial charge is 0.454 e. The molecule has 0 aliphatic carbocycles. The first-order valence-corrected chi connectivity index (χ1v) is 11.9. The van der Waals surface area contributed by atoms with Gasteiger partial charge in [0, 0.05) is 12.1 Å². The molecular weight excluding hydrogens is 440 g/mol. The molecule has 168 valence electrons. The van der Waals surface area contributed by atoms with Crippen molar-refractivity contribution in [2.24, 2.45) is 0 Å². The number of aryl methyl sites for hydroxylation is 2. The molecule has 33 heavy (non-hydrogen) atoms. The summed E-state index contributed by atoms with van der Waals surface area (Å²) in [5, 5.41) is 2.96. The van der Waals surface area contributed by atoms with Crippen LogP contribution >= 0.6 is 0 Å². The van der Waals surface area contributed by atoms with Crippen molar-refractivity contribution >= 4 is 15.7 Å². The van der Waals surface area contributed by atoms with Gasteiger partial charge in [0.05, 0.1) is 4.90 Å². The fourth-order valence-corrected chi connectivity index (χ4v) is 4.93. The monoisotopic (exact) mass is 462 g/mol. The maximum Gasteiger partial charge on any atom is 0.234 e. The molecule has 0 amide bonds. The second-order valence-electron chi connectivity index (χ2n) is 7.88. The van der Waals surface area contributed by atoms with Gasteiger partial charge in [-0.1, -0.05) is 35.9 Å². The number of nitrogens with zero attached hydrogens (tertiary/aromatic N) is 1. The van der Waals surface area contributed by atoms with Crippen molar-refractivity contribution in [3.8, 4) is 23.0 Å². The van der Waals surface area contributed by atoms with Gasteiger partial charge in [-0.3, -0.25) is 0 Å². The van der Waals surface area contributed by atoms with Crippen molar-refractivity contribution in [2.45, 2.75) is 30.3 Å². The molecule has 0 saturated carbocycles. The number of oxazole rings is 1. The minimum Gasteiger partial charge on any atom is -0.454 e. The predicted molar refractivity (Wildman–Crippen MR) is 123 cm³/mol. The van der Waals surface area contributed by atoms with Crippen LogP contribution in [-0.2, 0) is 16.4 Å². The zero-order chi connectivity index (χ0) is 23.0. The van der Waals surface area contributed by atoms with Crippen LogP contribution in [0.1, 0.15) is 16.7 Å². The number of ether oxygens (including phenoxy) is 2. The van der Waals surface area contributed by atoms with Crippen LogP contribution in [-0.4, -0.2) is 20.2 Å². The lowest BCUT2D eigenvalue weighted by Gasteiger charge is -2.07. The number of hydrogen-bond acceptors (Lipinski definition) is 7. The highest BCUT2D eigenvalue weighted by Gasteiger charge is 2.28. The Kier molecular flexibility index (Phi) is 5.30. The average molecular weight is 463 g/mol. The zero-order valence-electron chi connectivity index (χ0n) is 18.2. The molecule has 0 bridgehead atoms. The fourth-order valence-electron chi connectivity index (χ4n) is 3.55. The number of sulfone groups is 1. The van der Waals surface area contributed by atoms with Gasteiger partial charge in [0.15, 0.2) is 11.5 Å². The van der Waals surface area contributed by atoms with Crippen molar-refractivity contribution in [1.82, 2.24) is 4.98 Å². The number of rotatable bonds is 6. The summed E-state index contributed by atoms with van der Waals surface area (Å²) in [7, 11) is -3.91. The minimum absolute atomic E-state index is 0.0877. The molecule has 7 nitrogen and oxygen atoms in total. The molecule has 4 aromatic rings. The number of anilines is 1. The van der Waals surface area contributed by atoms with E-state index in [1.807, 2.05) is 62.4 Å². The standard InChI is InChI=1S/C25H22N2O5S/c1-16-6-9-19(10-7-16)23-27-25(33(28,29)20-5-3-4-17(2)12-20)24(32-23)26-14-18-8-11-21-22(13-18)31-15-30-21/h3-13,26H,14-15H2,1-2H3. The average Bonchev–Trinajstić information content (AvgIpc) is 3.45. The summed E-state index contributed by atoms with van der Waals surface area (Å²) in [5.74, 6) is 1.65. The van der Waals surface area contributed by atoms with E-state index < -0.39 is 9.84 Å². The van der Waals surface area contributed by atoms with Crippen molar-refractivity contribution < 1.29 is 22.3 Å². The molecule has 1 aromatic heterocycles. The van der Waals surface area contributed by atoms with Crippen LogP contribution in [0.15, 0.2) is 81.1 Å². The highest BCUT2D eigenvalue weighted by Crippen LogP contribution is 2.35. The predicted octanol–water partition coefficient (Wildman–Crippen LogP) is 5.13. The molecule has 0 spiro atoms. The van der Waals surface area contributed by atoms with E-state index in [0.29, 0.717) is 23.6 Å². The fraction of sp³-hybridized carbons (Fsp3) is 0.160. The summed E-state index contributed by atoms with van der Waals surface area (Å²) < 4.78 is 43.7. The molecule has 2 heterocycles. The molecule has 1 aliphatic rings. The van der Waals surface area contributed by atoms with E-state index in [1.165, 1.54) is 0 Å². The summed E-state index contributed by atoms with van der Waals surface area (Å²) in [5.41, 5.74) is 3.50. The van der Waals surface area contributed by atoms with Crippen LogP contribution in [0.3, 0.4) is 0 Å². The number of benzene rings is 3. The number of fused-ring (bicyclic) bond motifs is 1. The topological polar surface area (TPSA) is 90.7 Å². The summed E-state index contributed by atoms with van der Waals surface area (Å²) in [6, 6.07) is 19.8. The lowest BCUT2D eigenvalue weighted by Crippen LogP contribution is -2.07. The lowest BCUT2D eigenvalue weighted by atomic mass is 10.1. The van der Waals surface area contributed by atoms with Crippen molar-refractivity contribution in [2.75, 3.05) is 12.1 Å². The van der Waals surface area contributed by atoms with E-state index in [4.69, 9.17) is 13.9 Å². The third-order valence-corrected chi connectivity index (χ3v) is 7.00. The number of aromatic nitrogens is 1. The highest BCUT2D eigenvalue weighted by atomic mass is 32.2. The molecule has 0 unspecified atom stereocenters. The Balaban J connectivity index is 1.53. The normalized spacial score (nSPS) is 12.7. The molecule has 0 saturated heterocycles. The van der Waals surface area contributed by atoms with Crippen LogP contribution in [0.5, 0.6) is 11.5 Å². The summed E-state index contributed by atoms with van der Waals surface area (Å²) in [6.45, 7) is 4.33. The second-order valence-corrected chi connectivity index (χ2v) is 9.75. The van der Waals surface area contributed by atoms with E-state index in [1.54, 1.807) is 18.2 Å².